The van der Waals surface area contributed by atoms with Gasteiger partial charge in [-0.15, -0.1) is 0 Å². The number of pyridine rings is 1. The van der Waals surface area contributed by atoms with Crippen LogP contribution >= 0.6 is 11.8 Å². The average Bonchev–Trinajstić information content (AvgIpc) is 2.68. The summed E-state index contributed by atoms with van der Waals surface area (Å²) < 4.78 is 0. The van der Waals surface area contributed by atoms with Crippen LogP contribution in [0.15, 0.2) is 35.3 Å². The molecular weight excluding hydrogens is 260 g/mol. The summed E-state index contributed by atoms with van der Waals surface area (Å²) in [7, 11) is 0. The van der Waals surface area contributed by atoms with Gasteiger partial charge in [0.1, 0.15) is 16.1 Å². The molecule has 5 nitrogen and oxygen atoms in total. The molecule has 2 rings (SSSR count). The van der Waals surface area contributed by atoms with Crippen molar-refractivity contribution in [1.82, 2.24) is 9.88 Å². The van der Waals surface area contributed by atoms with E-state index in [0.717, 1.165) is 12.1 Å². The molecule has 0 bridgehead atoms. The molecule has 19 heavy (non-hydrogen) atoms. The van der Waals surface area contributed by atoms with E-state index < -0.39 is 5.91 Å². The van der Waals surface area contributed by atoms with Crippen LogP contribution in [0.4, 0.5) is 0 Å². The molecule has 1 aliphatic heterocycles. The predicted molar refractivity (Wildman–Crippen MR) is 76.5 cm³/mol. The molecule has 0 saturated carbocycles. The second-order valence-electron chi connectivity index (χ2n) is 4.88. The molecule has 2 heterocycles. The lowest BCUT2D eigenvalue weighted by molar-refractivity contribution is -0.114. The highest BCUT2D eigenvalue weighted by molar-refractivity contribution is 8.04. The molecule has 1 aromatic rings. The molecule has 0 aliphatic carbocycles. The first-order chi connectivity index (χ1) is 9.00. The minimum Gasteiger partial charge on any atom is -0.384 e. The fraction of sp³-hybridized carbons (Fsp3) is 0.385. The summed E-state index contributed by atoms with van der Waals surface area (Å²) in [5.41, 5.74) is 12.5. The van der Waals surface area contributed by atoms with Gasteiger partial charge >= 0.3 is 0 Å². The van der Waals surface area contributed by atoms with Crippen molar-refractivity contribution in [3.8, 4) is 0 Å². The van der Waals surface area contributed by atoms with E-state index in [-0.39, 0.29) is 5.37 Å². The molecule has 0 spiro atoms. The predicted octanol–water partition coefficient (Wildman–Crippen LogP) is 1.40. The number of nitrogens with zero attached hydrogens (tertiary/aromatic N) is 2. The quantitative estimate of drug-likeness (QED) is 0.869. The highest BCUT2D eigenvalue weighted by Crippen LogP contribution is 2.45. The van der Waals surface area contributed by atoms with Crippen LogP contribution < -0.4 is 11.5 Å². The van der Waals surface area contributed by atoms with Gasteiger partial charge < -0.3 is 16.4 Å². The van der Waals surface area contributed by atoms with Crippen LogP contribution in [0.3, 0.4) is 0 Å². The summed E-state index contributed by atoms with van der Waals surface area (Å²) >= 11 is 1.40. The molecule has 0 saturated heterocycles. The van der Waals surface area contributed by atoms with Gasteiger partial charge in [-0.25, -0.2) is 0 Å². The van der Waals surface area contributed by atoms with E-state index in [2.05, 4.69) is 18.8 Å². The molecule has 6 heteroatoms. The summed E-state index contributed by atoms with van der Waals surface area (Å²) in [5.74, 6) is 0.438. The van der Waals surface area contributed by atoms with E-state index >= 15 is 0 Å². The maximum absolute atomic E-state index is 11.4. The summed E-state index contributed by atoms with van der Waals surface area (Å²) in [6, 6.07) is 3.86. The summed E-state index contributed by atoms with van der Waals surface area (Å²) in [5, 5.41) is -0.0291. The first kappa shape index (κ1) is 13.7. The lowest BCUT2D eigenvalue weighted by Crippen LogP contribution is -2.31. The molecule has 1 unspecified atom stereocenters. The number of amides is 1. The van der Waals surface area contributed by atoms with Crippen molar-refractivity contribution in [2.24, 2.45) is 17.4 Å². The molecule has 0 fully saturated rings. The van der Waals surface area contributed by atoms with Crippen molar-refractivity contribution in [2.75, 3.05) is 6.54 Å². The van der Waals surface area contributed by atoms with Crippen LogP contribution in [0.5, 0.6) is 0 Å². The monoisotopic (exact) mass is 278 g/mol. The molecule has 102 valence electrons. The molecule has 0 aromatic carbocycles. The van der Waals surface area contributed by atoms with Crippen LogP contribution in [0, 0.1) is 5.92 Å². The number of nitrogens with two attached hydrogens (primary N) is 2. The van der Waals surface area contributed by atoms with Crippen LogP contribution in [0.1, 0.15) is 24.8 Å². The SMILES string of the molecule is CC(C)CN1C(N)=C(C(N)=O)SC1c1cccnc1. The lowest BCUT2D eigenvalue weighted by Gasteiger charge is -2.28. The van der Waals surface area contributed by atoms with Crippen molar-refractivity contribution in [2.45, 2.75) is 19.2 Å². The Labute approximate surface area is 117 Å². The van der Waals surface area contributed by atoms with Crippen molar-refractivity contribution in [1.29, 1.82) is 0 Å². The van der Waals surface area contributed by atoms with Gasteiger partial charge in [0.05, 0.1) is 0 Å². The number of carbonyl (C=O) groups is 1. The Hall–Kier alpha value is -1.69. The fourth-order valence-corrected chi connectivity index (χ4v) is 3.21. The first-order valence-corrected chi connectivity index (χ1v) is 7.01. The Kier molecular flexibility index (Phi) is 3.99. The Morgan fingerprint density at radius 1 is 1.58 bits per heavy atom. The number of rotatable bonds is 4. The lowest BCUT2D eigenvalue weighted by atomic mass is 10.2. The summed E-state index contributed by atoms with van der Waals surface area (Å²) in [6.45, 7) is 5.00. The van der Waals surface area contributed by atoms with E-state index in [9.17, 15) is 4.79 Å². The number of hydrogen-bond donors (Lipinski definition) is 2. The zero-order valence-corrected chi connectivity index (χ0v) is 11.9. The maximum atomic E-state index is 11.4. The Morgan fingerprint density at radius 2 is 2.32 bits per heavy atom. The van der Waals surface area contributed by atoms with Gasteiger partial charge in [-0.05, 0) is 12.0 Å². The minimum absolute atomic E-state index is 0.0291. The van der Waals surface area contributed by atoms with Gasteiger partial charge in [0.15, 0.2) is 0 Å². The summed E-state index contributed by atoms with van der Waals surface area (Å²) in [6.07, 6.45) is 3.52. The minimum atomic E-state index is -0.470. The molecule has 1 atom stereocenters. The van der Waals surface area contributed by atoms with Crippen molar-refractivity contribution in [3.05, 3.63) is 40.8 Å². The van der Waals surface area contributed by atoms with Crippen molar-refractivity contribution >= 4 is 17.7 Å². The number of hydrogen-bond acceptors (Lipinski definition) is 5. The number of thioether (sulfide) groups is 1. The van der Waals surface area contributed by atoms with Gasteiger partial charge in [-0.3, -0.25) is 9.78 Å². The molecule has 1 aliphatic rings. The second-order valence-corrected chi connectivity index (χ2v) is 5.97. The normalized spacial score (nSPS) is 19.3. The summed E-state index contributed by atoms with van der Waals surface area (Å²) in [4.78, 5) is 18.0. The first-order valence-electron chi connectivity index (χ1n) is 6.13. The highest BCUT2D eigenvalue weighted by atomic mass is 32.2. The standard InChI is InChI=1S/C13H18N4OS/c1-8(2)7-17-11(14)10(12(15)18)19-13(17)9-4-3-5-16-6-9/h3-6,8,13H,7,14H2,1-2H3,(H2,15,18). The van der Waals surface area contributed by atoms with E-state index in [1.54, 1.807) is 12.4 Å². The van der Waals surface area contributed by atoms with E-state index in [1.807, 2.05) is 17.0 Å². The molecule has 0 radical (unpaired) electrons. The van der Waals surface area contributed by atoms with Crippen LogP contribution in [-0.2, 0) is 4.79 Å². The zero-order chi connectivity index (χ0) is 14.0. The van der Waals surface area contributed by atoms with E-state index in [0.29, 0.717) is 16.6 Å². The Morgan fingerprint density at radius 3 is 2.84 bits per heavy atom. The van der Waals surface area contributed by atoms with Gasteiger partial charge in [0.2, 0.25) is 0 Å². The third-order valence-corrected chi connectivity index (χ3v) is 4.21. The zero-order valence-electron chi connectivity index (χ0n) is 11.0. The molecule has 1 amide bonds. The maximum Gasteiger partial charge on any atom is 0.258 e. The average molecular weight is 278 g/mol. The molecule has 1 aromatic heterocycles. The van der Waals surface area contributed by atoms with Crippen molar-refractivity contribution < 1.29 is 4.79 Å². The van der Waals surface area contributed by atoms with E-state index in [1.165, 1.54) is 11.8 Å². The number of aromatic nitrogens is 1. The smallest absolute Gasteiger partial charge is 0.258 e. The van der Waals surface area contributed by atoms with Gasteiger partial charge in [-0.2, -0.15) is 0 Å². The third kappa shape index (κ3) is 2.84. The van der Waals surface area contributed by atoms with Crippen LogP contribution in [0.2, 0.25) is 0 Å². The van der Waals surface area contributed by atoms with Crippen LogP contribution in [0.25, 0.3) is 0 Å². The largest absolute Gasteiger partial charge is 0.384 e. The molecular formula is C13H18N4OS. The third-order valence-electron chi connectivity index (χ3n) is 2.81. The number of primary amides is 1. The van der Waals surface area contributed by atoms with Gasteiger partial charge in [0, 0.05) is 24.5 Å². The van der Waals surface area contributed by atoms with Gasteiger partial charge in [-0.1, -0.05) is 31.7 Å². The van der Waals surface area contributed by atoms with Gasteiger partial charge in [0.25, 0.3) is 5.91 Å². The highest BCUT2D eigenvalue weighted by Gasteiger charge is 2.34. The van der Waals surface area contributed by atoms with E-state index in [4.69, 9.17) is 11.5 Å². The fourth-order valence-electron chi connectivity index (χ4n) is 2.03. The Balaban J connectivity index is 2.33. The second kappa shape index (κ2) is 5.52. The van der Waals surface area contributed by atoms with Crippen molar-refractivity contribution in [3.63, 3.8) is 0 Å². The Bertz CT molecular complexity index is 501. The topological polar surface area (TPSA) is 85.2 Å². The van der Waals surface area contributed by atoms with Crippen LogP contribution in [-0.4, -0.2) is 22.3 Å². The molecule has 4 N–H and O–H groups in total. The number of carbonyl (C=O) groups excluding carboxylic acids is 1.